The van der Waals surface area contributed by atoms with E-state index in [0.29, 0.717) is 17.6 Å². The van der Waals surface area contributed by atoms with E-state index in [1.807, 2.05) is 12.1 Å². The second-order valence-corrected chi connectivity index (χ2v) is 5.42. The summed E-state index contributed by atoms with van der Waals surface area (Å²) in [6.45, 7) is 6.49. The Kier molecular flexibility index (Phi) is 3.66. The molecule has 0 aliphatic heterocycles. The van der Waals surface area contributed by atoms with Gasteiger partial charge < -0.3 is 0 Å². The van der Waals surface area contributed by atoms with Crippen LogP contribution in [-0.2, 0) is 0 Å². The zero-order valence-corrected chi connectivity index (χ0v) is 11.1. The Hall–Kier alpha value is -1.11. The number of carbonyl (C=O) groups excluding carboxylic acids is 1. The highest BCUT2D eigenvalue weighted by Crippen LogP contribution is 2.38. The molecule has 1 aromatic rings. The van der Waals surface area contributed by atoms with E-state index in [0.717, 1.165) is 12.0 Å². The lowest BCUT2D eigenvalue weighted by Gasteiger charge is -2.12. The van der Waals surface area contributed by atoms with Crippen molar-refractivity contribution in [2.45, 2.75) is 46.0 Å². The van der Waals surface area contributed by atoms with Gasteiger partial charge in [0.1, 0.15) is 0 Å². The Labute approximate surface area is 104 Å². The van der Waals surface area contributed by atoms with E-state index in [4.69, 9.17) is 0 Å². The van der Waals surface area contributed by atoms with Gasteiger partial charge in [0.25, 0.3) is 0 Å². The van der Waals surface area contributed by atoms with Crippen molar-refractivity contribution < 1.29 is 4.79 Å². The first kappa shape index (κ1) is 12.3. The molecule has 1 aliphatic carbocycles. The van der Waals surface area contributed by atoms with Gasteiger partial charge in [-0.1, -0.05) is 45.0 Å². The average Bonchev–Trinajstić information content (AvgIpc) is 3.20. The molecular formula is C16H22O. The van der Waals surface area contributed by atoms with Gasteiger partial charge in [-0.25, -0.2) is 0 Å². The van der Waals surface area contributed by atoms with Gasteiger partial charge in [0.2, 0.25) is 0 Å². The molecular weight excluding hydrogens is 208 g/mol. The van der Waals surface area contributed by atoms with Gasteiger partial charge in [0, 0.05) is 11.5 Å². The van der Waals surface area contributed by atoms with E-state index < -0.39 is 0 Å². The predicted molar refractivity (Wildman–Crippen MR) is 71.4 cm³/mol. The molecule has 0 radical (unpaired) electrons. The van der Waals surface area contributed by atoms with Gasteiger partial charge in [-0.2, -0.15) is 0 Å². The molecule has 1 aromatic carbocycles. The molecule has 0 aromatic heterocycles. The van der Waals surface area contributed by atoms with E-state index in [1.165, 1.54) is 18.4 Å². The molecule has 0 N–H and O–H groups in total. The highest BCUT2D eigenvalue weighted by atomic mass is 16.1. The minimum Gasteiger partial charge on any atom is -0.294 e. The molecule has 1 nitrogen and oxygen atoms in total. The fraction of sp³-hybridized carbons (Fsp3) is 0.562. The van der Waals surface area contributed by atoms with Crippen molar-refractivity contribution in [1.29, 1.82) is 0 Å². The summed E-state index contributed by atoms with van der Waals surface area (Å²) in [5, 5.41) is 0. The standard InChI is InChI=1S/C16H22O/c1-4-11(2)13-5-9-15(10-6-13)16(17)12(3)14-7-8-14/h5-6,9-12,14H,4,7-8H2,1-3H3. The minimum atomic E-state index is 0.212. The molecule has 1 heteroatoms. The fourth-order valence-corrected chi connectivity index (χ4v) is 2.28. The van der Waals surface area contributed by atoms with Crippen molar-refractivity contribution in [3.63, 3.8) is 0 Å². The number of hydrogen-bond donors (Lipinski definition) is 0. The van der Waals surface area contributed by atoms with Crippen LogP contribution < -0.4 is 0 Å². The second-order valence-electron chi connectivity index (χ2n) is 5.42. The molecule has 0 heterocycles. The first-order valence-electron chi connectivity index (χ1n) is 6.77. The van der Waals surface area contributed by atoms with Crippen molar-refractivity contribution in [1.82, 2.24) is 0 Å². The zero-order valence-electron chi connectivity index (χ0n) is 11.1. The van der Waals surface area contributed by atoms with Crippen LogP contribution in [0.3, 0.4) is 0 Å². The molecule has 1 fully saturated rings. The van der Waals surface area contributed by atoms with Crippen LogP contribution >= 0.6 is 0 Å². The normalized spacial score (nSPS) is 18.8. The van der Waals surface area contributed by atoms with Crippen molar-refractivity contribution in [3.8, 4) is 0 Å². The SMILES string of the molecule is CCC(C)c1ccc(C(=O)C(C)C2CC2)cc1. The summed E-state index contributed by atoms with van der Waals surface area (Å²) in [5.41, 5.74) is 2.22. The maximum absolute atomic E-state index is 12.2. The van der Waals surface area contributed by atoms with Crippen molar-refractivity contribution >= 4 is 5.78 Å². The van der Waals surface area contributed by atoms with E-state index in [2.05, 4.69) is 32.9 Å². The summed E-state index contributed by atoms with van der Waals surface area (Å²) in [5.74, 6) is 1.77. The zero-order chi connectivity index (χ0) is 12.4. The van der Waals surface area contributed by atoms with Crippen molar-refractivity contribution in [3.05, 3.63) is 35.4 Å². The van der Waals surface area contributed by atoms with Crippen LogP contribution in [0.15, 0.2) is 24.3 Å². The molecule has 2 unspecified atom stereocenters. The Morgan fingerprint density at radius 1 is 1.24 bits per heavy atom. The molecule has 92 valence electrons. The highest BCUT2D eigenvalue weighted by Gasteiger charge is 2.32. The molecule has 2 atom stereocenters. The summed E-state index contributed by atoms with van der Waals surface area (Å²) in [6, 6.07) is 8.23. The largest absolute Gasteiger partial charge is 0.294 e. The second kappa shape index (κ2) is 5.03. The highest BCUT2D eigenvalue weighted by molar-refractivity contribution is 5.98. The van der Waals surface area contributed by atoms with E-state index in [-0.39, 0.29) is 5.92 Å². The van der Waals surface area contributed by atoms with Gasteiger partial charge in [-0.3, -0.25) is 4.79 Å². The summed E-state index contributed by atoms with van der Waals surface area (Å²) < 4.78 is 0. The first-order chi connectivity index (χ1) is 8.13. The third-order valence-electron chi connectivity index (χ3n) is 4.12. The summed E-state index contributed by atoms with van der Waals surface area (Å²) in [6.07, 6.45) is 3.61. The first-order valence-corrected chi connectivity index (χ1v) is 6.77. The monoisotopic (exact) mass is 230 g/mol. The lowest BCUT2D eigenvalue weighted by Crippen LogP contribution is -2.13. The van der Waals surface area contributed by atoms with Crippen LogP contribution in [0.25, 0.3) is 0 Å². The summed E-state index contributed by atoms with van der Waals surface area (Å²) in [7, 11) is 0. The molecule has 0 amide bonds. The van der Waals surface area contributed by atoms with Gasteiger partial charge >= 0.3 is 0 Å². The third kappa shape index (κ3) is 2.77. The maximum atomic E-state index is 12.2. The molecule has 2 rings (SSSR count). The Morgan fingerprint density at radius 3 is 2.29 bits per heavy atom. The van der Waals surface area contributed by atoms with Crippen LogP contribution in [0.5, 0.6) is 0 Å². The maximum Gasteiger partial charge on any atom is 0.165 e. The number of carbonyl (C=O) groups is 1. The molecule has 0 saturated heterocycles. The summed E-state index contributed by atoms with van der Waals surface area (Å²) >= 11 is 0. The Morgan fingerprint density at radius 2 is 1.82 bits per heavy atom. The average molecular weight is 230 g/mol. The van der Waals surface area contributed by atoms with Crippen LogP contribution in [0.4, 0.5) is 0 Å². The summed E-state index contributed by atoms with van der Waals surface area (Å²) in [4.78, 5) is 12.2. The smallest absolute Gasteiger partial charge is 0.165 e. The number of ketones is 1. The number of benzene rings is 1. The molecule has 0 spiro atoms. The number of rotatable bonds is 5. The number of Topliss-reactive ketones (excluding diaryl/α,β-unsaturated/α-hetero) is 1. The van der Waals surface area contributed by atoms with E-state index >= 15 is 0 Å². The topological polar surface area (TPSA) is 17.1 Å². The van der Waals surface area contributed by atoms with Crippen LogP contribution in [0, 0.1) is 11.8 Å². The quantitative estimate of drug-likeness (QED) is 0.684. The van der Waals surface area contributed by atoms with E-state index in [9.17, 15) is 4.79 Å². The van der Waals surface area contributed by atoms with Gasteiger partial charge in [0.05, 0.1) is 0 Å². The lowest BCUT2D eigenvalue weighted by atomic mass is 9.92. The predicted octanol–water partition coefficient (Wildman–Crippen LogP) is 4.43. The lowest BCUT2D eigenvalue weighted by molar-refractivity contribution is 0.0916. The Balaban J connectivity index is 2.09. The minimum absolute atomic E-state index is 0.212. The molecule has 1 aliphatic rings. The molecule has 0 bridgehead atoms. The van der Waals surface area contributed by atoms with Gasteiger partial charge in [-0.05, 0) is 36.7 Å². The van der Waals surface area contributed by atoms with Crippen molar-refractivity contribution in [2.24, 2.45) is 11.8 Å². The third-order valence-corrected chi connectivity index (χ3v) is 4.12. The van der Waals surface area contributed by atoms with Crippen molar-refractivity contribution in [2.75, 3.05) is 0 Å². The van der Waals surface area contributed by atoms with E-state index in [1.54, 1.807) is 0 Å². The fourth-order valence-electron chi connectivity index (χ4n) is 2.28. The molecule has 1 saturated carbocycles. The van der Waals surface area contributed by atoms with Crippen LogP contribution in [0.1, 0.15) is 61.9 Å². The van der Waals surface area contributed by atoms with Crippen LogP contribution in [0.2, 0.25) is 0 Å². The van der Waals surface area contributed by atoms with Crippen LogP contribution in [-0.4, -0.2) is 5.78 Å². The number of hydrogen-bond acceptors (Lipinski definition) is 1. The Bertz CT molecular complexity index is 386. The molecule has 17 heavy (non-hydrogen) atoms. The van der Waals surface area contributed by atoms with Gasteiger partial charge in [-0.15, -0.1) is 0 Å². The van der Waals surface area contributed by atoms with Gasteiger partial charge in [0.15, 0.2) is 5.78 Å².